The highest BCUT2D eigenvalue weighted by atomic mass is 35.5. The molecule has 0 bridgehead atoms. The summed E-state index contributed by atoms with van der Waals surface area (Å²) in [5, 5.41) is 9.46. The van der Waals surface area contributed by atoms with Crippen LogP contribution in [0.4, 0.5) is 0 Å². The molecule has 0 aliphatic carbocycles. The summed E-state index contributed by atoms with van der Waals surface area (Å²) < 4.78 is 16.0. The predicted molar refractivity (Wildman–Crippen MR) is 75.8 cm³/mol. The summed E-state index contributed by atoms with van der Waals surface area (Å²) in [7, 11) is 3.11. The highest BCUT2D eigenvalue weighted by molar-refractivity contribution is 6.31. The third-order valence-corrected chi connectivity index (χ3v) is 2.95. The molecule has 0 heterocycles. The first kappa shape index (κ1) is 14.0. The maximum Gasteiger partial charge on any atom is 0.146 e. The SMILES string of the molecule is COc1cc(OC)cc(Oc2cccc(Cl)c2C#N)c1. The number of benzene rings is 2. The third kappa shape index (κ3) is 2.95. The zero-order valence-electron chi connectivity index (χ0n) is 11.0. The van der Waals surface area contributed by atoms with Gasteiger partial charge in [0, 0.05) is 18.2 Å². The van der Waals surface area contributed by atoms with Gasteiger partial charge in [0.25, 0.3) is 0 Å². The lowest BCUT2D eigenvalue weighted by molar-refractivity contribution is 0.386. The molecule has 0 saturated carbocycles. The number of nitrogens with zero attached hydrogens (tertiary/aromatic N) is 1. The Labute approximate surface area is 122 Å². The van der Waals surface area contributed by atoms with Crippen LogP contribution in [0, 0.1) is 11.3 Å². The van der Waals surface area contributed by atoms with Gasteiger partial charge in [0.05, 0.1) is 19.2 Å². The summed E-state index contributed by atoms with van der Waals surface area (Å²) in [5.41, 5.74) is 0.288. The van der Waals surface area contributed by atoms with Crippen LogP contribution in [0.5, 0.6) is 23.0 Å². The Kier molecular flexibility index (Phi) is 4.34. The van der Waals surface area contributed by atoms with Crippen molar-refractivity contribution in [2.24, 2.45) is 0 Å². The number of halogens is 1. The number of hydrogen-bond donors (Lipinski definition) is 0. The fourth-order valence-corrected chi connectivity index (χ4v) is 1.87. The molecule has 5 heteroatoms. The summed E-state index contributed by atoms with van der Waals surface area (Å²) in [6.45, 7) is 0. The van der Waals surface area contributed by atoms with E-state index in [2.05, 4.69) is 0 Å². The molecule has 102 valence electrons. The minimum absolute atomic E-state index is 0.288. The van der Waals surface area contributed by atoms with Crippen LogP contribution in [-0.2, 0) is 0 Å². The van der Waals surface area contributed by atoms with Gasteiger partial charge in [-0.05, 0) is 12.1 Å². The Morgan fingerprint density at radius 2 is 1.60 bits per heavy atom. The normalized spacial score (nSPS) is 9.70. The van der Waals surface area contributed by atoms with E-state index in [1.165, 1.54) is 0 Å². The van der Waals surface area contributed by atoms with Crippen LogP contribution in [0.15, 0.2) is 36.4 Å². The summed E-state index contributed by atoms with van der Waals surface area (Å²) in [6.07, 6.45) is 0. The average Bonchev–Trinajstić information content (AvgIpc) is 2.47. The lowest BCUT2D eigenvalue weighted by atomic mass is 10.2. The van der Waals surface area contributed by atoms with Crippen molar-refractivity contribution in [3.63, 3.8) is 0 Å². The van der Waals surface area contributed by atoms with Crippen molar-refractivity contribution in [3.8, 4) is 29.1 Å². The fraction of sp³-hybridized carbons (Fsp3) is 0.133. The second kappa shape index (κ2) is 6.18. The molecule has 4 nitrogen and oxygen atoms in total. The molecule has 0 aliphatic rings. The number of rotatable bonds is 4. The van der Waals surface area contributed by atoms with Gasteiger partial charge in [0.15, 0.2) is 0 Å². The number of methoxy groups -OCH3 is 2. The number of ether oxygens (including phenoxy) is 3. The van der Waals surface area contributed by atoms with Gasteiger partial charge in [-0.3, -0.25) is 0 Å². The Balaban J connectivity index is 2.40. The van der Waals surface area contributed by atoms with E-state index in [0.717, 1.165) is 0 Å². The van der Waals surface area contributed by atoms with Gasteiger partial charge in [0.1, 0.15) is 34.6 Å². The largest absolute Gasteiger partial charge is 0.496 e. The first-order chi connectivity index (χ1) is 9.67. The third-order valence-electron chi connectivity index (χ3n) is 2.64. The Morgan fingerprint density at radius 1 is 1.00 bits per heavy atom. The highest BCUT2D eigenvalue weighted by Gasteiger charge is 2.10. The van der Waals surface area contributed by atoms with Gasteiger partial charge in [-0.15, -0.1) is 0 Å². The second-order valence-corrected chi connectivity index (χ2v) is 4.28. The van der Waals surface area contributed by atoms with Crippen LogP contribution < -0.4 is 14.2 Å². The summed E-state index contributed by atoms with van der Waals surface area (Å²) in [5.74, 6) is 2.08. The van der Waals surface area contributed by atoms with Gasteiger partial charge in [-0.25, -0.2) is 0 Å². The van der Waals surface area contributed by atoms with Crippen molar-refractivity contribution >= 4 is 11.6 Å². The van der Waals surface area contributed by atoms with Crippen LogP contribution in [0.25, 0.3) is 0 Å². The molecule has 0 saturated heterocycles. The van der Waals surface area contributed by atoms with Gasteiger partial charge >= 0.3 is 0 Å². The molecule has 0 aromatic heterocycles. The molecule has 0 amide bonds. The highest BCUT2D eigenvalue weighted by Crippen LogP contribution is 2.33. The van der Waals surface area contributed by atoms with Crippen molar-refractivity contribution in [1.29, 1.82) is 5.26 Å². The quantitative estimate of drug-likeness (QED) is 0.853. The molecule has 2 aromatic rings. The maximum atomic E-state index is 9.11. The molecule has 2 rings (SSSR count). The molecular weight excluding hydrogens is 278 g/mol. The van der Waals surface area contributed by atoms with E-state index >= 15 is 0 Å². The van der Waals surface area contributed by atoms with Gasteiger partial charge in [-0.2, -0.15) is 5.26 Å². The van der Waals surface area contributed by atoms with Crippen LogP contribution in [-0.4, -0.2) is 14.2 Å². The first-order valence-corrected chi connectivity index (χ1v) is 6.15. The van der Waals surface area contributed by atoms with Crippen LogP contribution >= 0.6 is 11.6 Å². The van der Waals surface area contributed by atoms with E-state index in [9.17, 15) is 0 Å². The van der Waals surface area contributed by atoms with E-state index in [0.29, 0.717) is 28.0 Å². The van der Waals surface area contributed by atoms with Gasteiger partial charge < -0.3 is 14.2 Å². The van der Waals surface area contributed by atoms with Gasteiger partial charge in [-0.1, -0.05) is 17.7 Å². The standard InChI is InChI=1S/C15H12ClNO3/c1-18-10-6-11(19-2)8-12(7-10)20-15-5-3-4-14(16)13(15)9-17/h3-8H,1-2H3. The Morgan fingerprint density at radius 3 is 2.15 bits per heavy atom. The van der Waals surface area contributed by atoms with Crippen molar-refractivity contribution in [2.75, 3.05) is 14.2 Å². The number of nitriles is 1. The molecule has 2 aromatic carbocycles. The van der Waals surface area contributed by atoms with Crippen molar-refractivity contribution < 1.29 is 14.2 Å². The lowest BCUT2D eigenvalue weighted by Gasteiger charge is -2.11. The van der Waals surface area contributed by atoms with Crippen molar-refractivity contribution in [1.82, 2.24) is 0 Å². The summed E-state index contributed by atoms with van der Waals surface area (Å²) >= 11 is 5.96. The van der Waals surface area contributed by atoms with Crippen molar-refractivity contribution in [3.05, 3.63) is 47.0 Å². The molecule has 0 fully saturated rings. The smallest absolute Gasteiger partial charge is 0.146 e. The van der Waals surface area contributed by atoms with E-state index in [-0.39, 0.29) is 5.56 Å². The zero-order chi connectivity index (χ0) is 14.5. The summed E-state index contributed by atoms with van der Waals surface area (Å²) in [6, 6.07) is 12.2. The molecule has 0 N–H and O–H groups in total. The molecule has 0 unspecified atom stereocenters. The average molecular weight is 290 g/mol. The predicted octanol–water partition coefficient (Wildman–Crippen LogP) is 4.02. The minimum Gasteiger partial charge on any atom is -0.496 e. The Hall–Kier alpha value is -2.38. The molecular formula is C15H12ClNO3. The zero-order valence-corrected chi connectivity index (χ0v) is 11.8. The molecule has 0 atom stereocenters. The van der Waals surface area contributed by atoms with E-state index < -0.39 is 0 Å². The first-order valence-electron chi connectivity index (χ1n) is 5.77. The fourth-order valence-electron chi connectivity index (χ4n) is 1.67. The van der Waals surface area contributed by atoms with E-state index in [4.69, 9.17) is 31.1 Å². The van der Waals surface area contributed by atoms with Crippen LogP contribution in [0.1, 0.15) is 5.56 Å². The second-order valence-electron chi connectivity index (χ2n) is 3.88. The molecule has 0 spiro atoms. The minimum atomic E-state index is 0.288. The maximum absolute atomic E-state index is 9.11. The van der Waals surface area contributed by atoms with E-state index in [1.807, 2.05) is 6.07 Å². The number of hydrogen-bond acceptors (Lipinski definition) is 4. The van der Waals surface area contributed by atoms with Crippen LogP contribution in [0.2, 0.25) is 5.02 Å². The van der Waals surface area contributed by atoms with Crippen molar-refractivity contribution in [2.45, 2.75) is 0 Å². The monoisotopic (exact) mass is 289 g/mol. The Bertz CT molecular complexity index is 642. The molecule has 0 aliphatic heterocycles. The molecule has 0 radical (unpaired) electrons. The van der Waals surface area contributed by atoms with Crippen LogP contribution in [0.3, 0.4) is 0 Å². The molecule has 20 heavy (non-hydrogen) atoms. The lowest BCUT2D eigenvalue weighted by Crippen LogP contribution is -1.92. The van der Waals surface area contributed by atoms with E-state index in [1.54, 1.807) is 50.6 Å². The summed E-state index contributed by atoms with van der Waals surface area (Å²) in [4.78, 5) is 0. The van der Waals surface area contributed by atoms with Gasteiger partial charge in [0.2, 0.25) is 0 Å². The topological polar surface area (TPSA) is 51.5 Å².